The molecule has 0 fully saturated rings. The molecule has 0 aliphatic carbocycles. The largest absolute Gasteiger partial charge is 0.466 e. The zero-order chi connectivity index (χ0) is 11.3. The van der Waals surface area contributed by atoms with Gasteiger partial charge < -0.3 is 10.1 Å². The number of benzene rings is 1. The zero-order valence-electron chi connectivity index (χ0n) is 7.96. The fourth-order valence-corrected chi connectivity index (χ4v) is 1.44. The number of anilines is 1. The average Bonchev–Trinajstić information content (AvgIpc) is 2.16. The first-order valence-electron chi connectivity index (χ1n) is 4.09. The molecule has 0 saturated heterocycles. The van der Waals surface area contributed by atoms with Gasteiger partial charge in [0.25, 0.3) is 0 Å². The summed E-state index contributed by atoms with van der Waals surface area (Å²) in [6.07, 6.45) is 2.71. The van der Waals surface area contributed by atoms with Gasteiger partial charge in [-0.3, -0.25) is 0 Å². The Labute approximate surface area is 97.6 Å². The third-order valence-corrected chi connectivity index (χ3v) is 1.97. The number of hydrogen-bond donors (Lipinski definition) is 1. The van der Waals surface area contributed by atoms with Crippen LogP contribution in [0.25, 0.3) is 0 Å². The van der Waals surface area contributed by atoms with Crippen molar-refractivity contribution in [3.05, 3.63) is 40.5 Å². The molecular weight excluding hydrogens is 237 g/mol. The summed E-state index contributed by atoms with van der Waals surface area (Å²) >= 11 is 11.6. The van der Waals surface area contributed by atoms with Crippen LogP contribution < -0.4 is 5.32 Å². The van der Waals surface area contributed by atoms with E-state index in [0.717, 1.165) is 0 Å². The fourth-order valence-electron chi connectivity index (χ4n) is 0.911. The maximum absolute atomic E-state index is 10.7. The summed E-state index contributed by atoms with van der Waals surface area (Å²) in [6, 6.07) is 5.00. The first kappa shape index (κ1) is 11.9. The van der Waals surface area contributed by atoms with Gasteiger partial charge in [-0.05, 0) is 18.2 Å². The second kappa shape index (κ2) is 5.63. The molecule has 0 atom stereocenters. The average molecular weight is 246 g/mol. The molecule has 3 nitrogen and oxygen atoms in total. The van der Waals surface area contributed by atoms with E-state index in [9.17, 15) is 4.79 Å². The Bertz CT molecular complexity index is 371. The Kier molecular flexibility index (Phi) is 4.46. The third-order valence-electron chi connectivity index (χ3n) is 1.53. The molecule has 1 N–H and O–H groups in total. The van der Waals surface area contributed by atoms with Gasteiger partial charge in [-0.25, -0.2) is 4.79 Å². The highest BCUT2D eigenvalue weighted by molar-refractivity contribution is 6.35. The summed E-state index contributed by atoms with van der Waals surface area (Å²) in [7, 11) is 1.31. The molecule has 0 heterocycles. The van der Waals surface area contributed by atoms with Crippen molar-refractivity contribution in [3.8, 4) is 0 Å². The second-order valence-corrected chi connectivity index (χ2v) is 3.53. The number of nitrogens with one attached hydrogen (secondary N) is 1. The Balaban J connectivity index is 2.65. The number of ether oxygens (including phenoxy) is 1. The normalized spacial score (nSPS) is 10.3. The van der Waals surface area contributed by atoms with Gasteiger partial charge in [0.2, 0.25) is 0 Å². The van der Waals surface area contributed by atoms with Crippen LogP contribution in [0, 0.1) is 0 Å². The molecule has 5 heteroatoms. The Morgan fingerprint density at radius 3 is 2.47 bits per heavy atom. The van der Waals surface area contributed by atoms with Crippen LogP contribution in [0.15, 0.2) is 30.5 Å². The molecule has 1 rings (SSSR count). The molecule has 0 radical (unpaired) electrons. The maximum Gasteiger partial charge on any atom is 0.331 e. The van der Waals surface area contributed by atoms with E-state index in [1.165, 1.54) is 19.4 Å². The van der Waals surface area contributed by atoms with Crippen LogP contribution >= 0.6 is 23.2 Å². The van der Waals surface area contributed by atoms with E-state index in [1.807, 2.05) is 0 Å². The number of halogens is 2. The molecule has 80 valence electrons. The van der Waals surface area contributed by atoms with E-state index in [4.69, 9.17) is 23.2 Å². The lowest BCUT2D eigenvalue weighted by atomic mass is 10.3. The van der Waals surface area contributed by atoms with Crippen LogP contribution in [0.1, 0.15) is 0 Å². The van der Waals surface area contributed by atoms with Crippen molar-refractivity contribution in [1.29, 1.82) is 0 Å². The van der Waals surface area contributed by atoms with Crippen molar-refractivity contribution in [2.45, 2.75) is 0 Å². The summed E-state index contributed by atoms with van der Waals surface area (Å²) in [5, 5.41) is 3.89. The predicted molar refractivity (Wildman–Crippen MR) is 61.2 cm³/mol. The molecule has 0 aliphatic rings. The van der Waals surface area contributed by atoms with Gasteiger partial charge >= 0.3 is 5.97 Å². The van der Waals surface area contributed by atoms with E-state index < -0.39 is 5.97 Å². The van der Waals surface area contributed by atoms with Crippen molar-refractivity contribution in [1.82, 2.24) is 0 Å². The molecule has 0 unspecified atom stereocenters. The van der Waals surface area contributed by atoms with Crippen LogP contribution in [0.3, 0.4) is 0 Å². The van der Waals surface area contributed by atoms with Crippen molar-refractivity contribution in [3.63, 3.8) is 0 Å². The van der Waals surface area contributed by atoms with Crippen LogP contribution in [0.4, 0.5) is 5.69 Å². The standard InChI is InChI=1S/C10H9Cl2NO2/c1-15-10(14)2-3-13-9-5-7(11)4-8(12)6-9/h2-6,13H,1H3/b3-2-. The molecule has 0 bridgehead atoms. The van der Waals surface area contributed by atoms with Gasteiger partial charge in [-0.1, -0.05) is 23.2 Å². The first-order valence-corrected chi connectivity index (χ1v) is 4.84. The number of hydrogen-bond acceptors (Lipinski definition) is 3. The Morgan fingerprint density at radius 1 is 1.33 bits per heavy atom. The fraction of sp³-hybridized carbons (Fsp3) is 0.100. The lowest BCUT2D eigenvalue weighted by Crippen LogP contribution is -1.96. The molecule has 0 amide bonds. The van der Waals surface area contributed by atoms with E-state index in [0.29, 0.717) is 15.7 Å². The monoisotopic (exact) mass is 245 g/mol. The SMILES string of the molecule is COC(=O)/C=C\Nc1cc(Cl)cc(Cl)c1. The van der Waals surface area contributed by atoms with Crippen LogP contribution in [-0.4, -0.2) is 13.1 Å². The number of esters is 1. The molecule has 1 aromatic rings. The molecular formula is C10H9Cl2NO2. The molecule has 1 aromatic carbocycles. The number of carbonyl (C=O) groups is 1. The van der Waals surface area contributed by atoms with Gasteiger partial charge in [0.15, 0.2) is 0 Å². The van der Waals surface area contributed by atoms with E-state index in [1.54, 1.807) is 18.2 Å². The third kappa shape index (κ3) is 4.23. The molecule has 0 spiro atoms. The second-order valence-electron chi connectivity index (χ2n) is 2.66. The lowest BCUT2D eigenvalue weighted by molar-refractivity contribution is -0.134. The van der Waals surface area contributed by atoms with Gasteiger partial charge in [-0.15, -0.1) is 0 Å². The summed E-state index contributed by atoms with van der Waals surface area (Å²) in [4.78, 5) is 10.7. The Morgan fingerprint density at radius 2 is 1.93 bits per heavy atom. The van der Waals surface area contributed by atoms with Gasteiger partial charge in [0.1, 0.15) is 0 Å². The molecule has 15 heavy (non-hydrogen) atoms. The number of carbonyl (C=O) groups excluding carboxylic acids is 1. The van der Waals surface area contributed by atoms with E-state index >= 15 is 0 Å². The van der Waals surface area contributed by atoms with Crippen LogP contribution in [0.5, 0.6) is 0 Å². The van der Waals surface area contributed by atoms with Crippen LogP contribution in [0.2, 0.25) is 10.0 Å². The topological polar surface area (TPSA) is 38.3 Å². The summed E-state index contributed by atoms with van der Waals surface area (Å²) < 4.78 is 4.42. The van der Waals surface area contributed by atoms with Gasteiger partial charge in [0, 0.05) is 28.0 Å². The Hall–Kier alpha value is -1.19. The molecule has 0 aliphatic heterocycles. The zero-order valence-corrected chi connectivity index (χ0v) is 9.47. The van der Waals surface area contributed by atoms with E-state index in [-0.39, 0.29) is 0 Å². The predicted octanol–water partition coefficient (Wildman–Crippen LogP) is 3.09. The van der Waals surface area contributed by atoms with Crippen molar-refractivity contribution in [2.75, 3.05) is 12.4 Å². The highest BCUT2D eigenvalue weighted by atomic mass is 35.5. The van der Waals surface area contributed by atoms with Crippen molar-refractivity contribution >= 4 is 34.9 Å². The van der Waals surface area contributed by atoms with Gasteiger partial charge in [0.05, 0.1) is 7.11 Å². The number of rotatable bonds is 3. The minimum atomic E-state index is -0.435. The van der Waals surface area contributed by atoms with Crippen molar-refractivity contribution < 1.29 is 9.53 Å². The molecule has 0 aromatic heterocycles. The minimum Gasteiger partial charge on any atom is -0.466 e. The van der Waals surface area contributed by atoms with E-state index in [2.05, 4.69) is 10.1 Å². The van der Waals surface area contributed by atoms with Gasteiger partial charge in [-0.2, -0.15) is 0 Å². The summed E-state index contributed by atoms with van der Waals surface area (Å²) in [6.45, 7) is 0. The van der Waals surface area contributed by atoms with Crippen molar-refractivity contribution in [2.24, 2.45) is 0 Å². The summed E-state index contributed by atoms with van der Waals surface area (Å²) in [5.41, 5.74) is 0.702. The highest BCUT2D eigenvalue weighted by Crippen LogP contribution is 2.22. The smallest absolute Gasteiger partial charge is 0.331 e. The highest BCUT2D eigenvalue weighted by Gasteiger charge is 1.96. The lowest BCUT2D eigenvalue weighted by Gasteiger charge is -2.01. The maximum atomic E-state index is 10.7. The van der Waals surface area contributed by atoms with Crippen LogP contribution in [-0.2, 0) is 9.53 Å². The first-order chi connectivity index (χ1) is 7.11. The summed E-state index contributed by atoms with van der Waals surface area (Å²) in [5.74, 6) is -0.435. The molecule has 0 saturated carbocycles. The number of methoxy groups -OCH3 is 1. The quantitative estimate of drug-likeness (QED) is 0.657. The minimum absolute atomic E-state index is 0.435.